The third-order valence-electron chi connectivity index (χ3n) is 4.55. The van der Waals surface area contributed by atoms with Gasteiger partial charge in [-0.3, -0.25) is 0 Å². The van der Waals surface area contributed by atoms with Crippen molar-refractivity contribution in [2.24, 2.45) is 0 Å². The predicted octanol–water partition coefficient (Wildman–Crippen LogP) is 7.25. The summed E-state index contributed by atoms with van der Waals surface area (Å²) in [6.45, 7) is 5.85. The minimum Gasteiger partial charge on any atom is -0.490 e. The highest BCUT2D eigenvalue weighted by Gasteiger charge is 2.13. The van der Waals surface area contributed by atoms with Crippen molar-refractivity contribution >= 4 is 33.2 Å². The quantitative estimate of drug-likeness (QED) is 0.354. The van der Waals surface area contributed by atoms with Crippen molar-refractivity contribution in [1.82, 2.24) is 0 Å². The number of para-hydroxylation sites is 1. The van der Waals surface area contributed by atoms with Crippen LogP contribution in [-0.4, -0.2) is 6.61 Å². The van der Waals surface area contributed by atoms with Crippen molar-refractivity contribution in [3.8, 4) is 11.5 Å². The van der Waals surface area contributed by atoms with E-state index in [1.165, 1.54) is 5.56 Å². The zero-order valence-electron chi connectivity index (χ0n) is 16.7. The minimum atomic E-state index is 0.442. The highest BCUT2D eigenvalue weighted by Crippen LogP contribution is 2.37. The first-order valence-electron chi connectivity index (χ1n) is 9.75. The Morgan fingerprint density at radius 2 is 1.69 bits per heavy atom. The Morgan fingerprint density at radius 1 is 0.931 bits per heavy atom. The van der Waals surface area contributed by atoms with Crippen LogP contribution in [0.3, 0.4) is 0 Å². The first-order chi connectivity index (χ1) is 14.1. The van der Waals surface area contributed by atoms with Crippen molar-refractivity contribution in [3.05, 3.63) is 86.8 Å². The van der Waals surface area contributed by atoms with Gasteiger partial charge in [0.2, 0.25) is 0 Å². The molecule has 0 fully saturated rings. The van der Waals surface area contributed by atoms with Gasteiger partial charge in [-0.25, -0.2) is 0 Å². The van der Waals surface area contributed by atoms with Gasteiger partial charge in [-0.2, -0.15) is 0 Å². The summed E-state index contributed by atoms with van der Waals surface area (Å²) in [7, 11) is 0. The van der Waals surface area contributed by atoms with Gasteiger partial charge < -0.3 is 14.8 Å². The van der Waals surface area contributed by atoms with E-state index in [0.29, 0.717) is 30.5 Å². The molecular weight excluding hydrogens is 450 g/mol. The van der Waals surface area contributed by atoms with Gasteiger partial charge in [-0.15, -0.1) is 0 Å². The lowest BCUT2D eigenvalue weighted by atomic mass is 10.1. The second kappa shape index (κ2) is 10.6. The van der Waals surface area contributed by atoms with E-state index in [2.05, 4.69) is 58.5 Å². The van der Waals surface area contributed by atoms with Crippen molar-refractivity contribution in [2.75, 3.05) is 11.9 Å². The molecule has 0 unspecified atom stereocenters. The summed E-state index contributed by atoms with van der Waals surface area (Å²) in [6.07, 6.45) is 0.995. The molecule has 3 nitrogen and oxygen atoms in total. The van der Waals surface area contributed by atoms with Crippen molar-refractivity contribution in [2.45, 2.75) is 33.4 Å². The molecular formula is C24H25BrClNO2. The third kappa shape index (κ3) is 5.91. The Kier molecular flexibility index (Phi) is 7.84. The highest BCUT2D eigenvalue weighted by molar-refractivity contribution is 9.10. The van der Waals surface area contributed by atoms with Crippen LogP contribution in [0, 0.1) is 0 Å². The summed E-state index contributed by atoms with van der Waals surface area (Å²) in [5.41, 5.74) is 4.63. The van der Waals surface area contributed by atoms with Gasteiger partial charge in [0.1, 0.15) is 6.61 Å². The van der Waals surface area contributed by atoms with Gasteiger partial charge in [0, 0.05) is 17.3 Å². The highest BCUT2D eigenvalue weighted by atomic mass is 79.9. The topological polar surface area (TPSA) is 30.5 Å². The van der Waals surface area contributed by atoms with Crippen LogP contribution in [-0.2, 0) is 19.6 Å². The first-order valence-corrected chi connectivity index (χ1v) is 10.9. The molecule has 0 amide bonds. The number of hydrogen-bond acceptors (Lipinski definition) is 3. The van der Waals surface area contributed by atoms with Crippen molar-refractivity contribution in [3.63, 3.8) is 0 Å². The average Bonchev–Trinajstić information content (AvgIpc) is 2.73. The summed E-state index contributed by atoms with van der Waals surface area (Å²) >= 11 is 9.61. The van der Waals surface area contributed by atoms with Crippen molar-refractivity contribution < 1.29 is 9.47 Å². The third-order valence-corrected chi connectivity index (χ3v) is 5.39. The molecule has 0 aliphatic carbocycles. The summed E-state index contributed by atoms with van der Waals surface area (Å²) in [4.78, 5) is 0. The SMILES string of the molecule is CCOc1cc(CNc2ccccc2CC)cc(Br)c1OCc1ccc(Cl)cc1. The average molecular weight is 475 g/mol. The van der Waals surface area contributed by atoms with E-state index in [1.807, 2.05) is 37.3 Å². The normalized spacial score (nSPS) is 10.6. The molecule has 0 atom stereocenters. The number of benzene rings is 3. The molecule has 1 N–H and O–H groups in total. The van der Waals surface area contributed by atoms with Crippen LogP contribution in [0.4, 0.5) is 5.69 Å². The fourth-order valence-corrected chi connectivity index (χ4v) is 3.79. The second-order valence-electron chi connectivity index (χ2n) is 6.62. The minimum absolute atomic E-state index is 0.442. The Bertz CT molecular complexity index is 944. The van der Waals surface area contributed by atoms with Crippen molar-refractivity contribution in [1.29, 1.82) is 0 Å². The number of hydrogen-bond donors (Lipinski definition) is 1. The summed E-state index contributed by atoms with van der Waals surface area (Å²) < 4.78 is 12.8. The Morgan fingerprint density at radius 3 is 2.41 bits per heavy atom. The maximum atomic E-state index is 6.07. The Balaban J connectivity index is 1.75. The number of aryl methyl sites for hydroxylation is 1. The number of ether oxygens (including phenoxy) is 2. The lowest BCUT2D eigenvalue weighted by Crippen LogP contribution is -2.05. The van der Waals surface area contributed by atoms with Gasteiger partial charge in [-0.05, 0) is 76.3 Å². The molecule has 0 radical (unpaired) electrons. The van der Waals surface area contributed by atoms with Crippen LogP contribution in [0.2, 0.25) is 5.02 Å². The molecule has 3 aromatic rings. The Hall–Kier alpha value is -2.17. The number of anilines is 1. The van der Waals surface area contributed by atoms with E-state index >= 15 is 0 Å². The Labute approximate surface area is 186 Å². The number of nitrogens with one attached hydrogen (secondary N) is 1. The molecule has 0 spiro atoms. The van der Waals surface area contributed by atoms with E-state index in [0.717, 1.165) is 33.5 Å². The van der Waals surface area contributed by atoms with Gasteiger partial charge in [-0.1, -0.05) is 48.9 Å². The molecule has 5 heteroatoms. The molecule has 29 heavy (non-hydrogen) atoms. The molecule has 0 aliphatic rings. The van der Waals surface area contributed by atoms with Gasteiger partial charge >= 0.3 is 0 Å². The standard InChI is InChI=1S/C24H25BrClNO2/c1-3-19-7-5-6-8-22(19)27-15-18-13-21(25)24(23(14-18)28-4-2)29-16-17-9-11-20(26)12-10-17/h5-14,27H,3-4,15-16H2,1-2H3. The smallest absolute Gasteiger partial charge is 0.175 e. The van der Waals surface area contributed by atoms with Crippen LogP contribution in [0.1, 0.15) is 30.5 Å². The molecule has 0 saturated heterocycles. The summed E-state index contributed by atoms with van der Waals surface area (Å²) in [5.74, 6) is 1.44. The van der Waals surface area contributed by atoms with Gasteiger partial charge in [0.05, 0.1) is 11.1 Å². The zero-order chi connectivity index (χ0) is 20.6. The number of rotatable bonds is 9. The zero-order valence-corrected chi connectivity index (χ0v) is 19.0. The fraction of sp³-hybridized carbons (Fsp3) is 0.250. The molecule has 0 aromatic heterocycles. The maximum absolute atomic E-state index is 6.07. The van der Waals surface area contributed by atoms with E-state index < -0.39 is 0 Å². The van der Waals surface area contributed by atoms with Gasteiger partial charge in [0.15, 0.2) is 11.5 Å². The monoisotopic (exact) mass is 473 g/mol. The van der Waals surface area contributed by atoms with Crippen LogP contribution < -0.4 is 14.8 Å². The molecule has 0 heterocycles. The number of halogens is 2. The lowest BCUT2D eigenvalue weighted by molar-refractivity contribution is 0.267. The van der Waals surface area contributed by atoms with E-state index in [-0.39, 0.29) is 0 Å². The first kappa shape index (κ1) is 21.5. The lowest BCUT2D eigenvalue weighted by Gasteiger charge is -2.17. The molecule has 152 valence electrons. The molecule has 3 rings (SSSR count). The molecule has 0 aliphatic heterocycles. The van der Waals surface area contributed by atoms with Crippen LogP contribution in [0.15, 0.2) is 65.1 Å². The largest absolute Gasteiger partial charge is 0.490 e. The van der Waals surface area contributed by atoms with Crippen LogP contribution in [0.25, 0.3) is 0 Å². The molecule has 0 saturated carbocycles. The van der Waals surface area contributed by atoms with E-state index in [1.54, 1.807) is 0 Å². The second-order valence-corrected chi connectivity index (χ2v) is 7.91. The maximum Gasteiger partial charge on any atom is 0.175 e. The van der Waals surface area contributed by atoms with Crippen LogP contribution in [0.5, 0.6) is 11.5 Å². The van der Waals surface area contributed by atoms with Gasteiger partial charge in [0.25, 0.3) is 0 Å². The van der Waals surface area contributed by atoms with E-state index in [9.17, 15) is 0 Å². The summed E-state index contributed by atoms with van der Waals surface area (Å²) in [5, 5.41) is 4.24. The summed E-state index contributed by atoms with van der Waals surface area (Å²) in [6, 6.07) is 20.1. The predicted molar refractivity (Wildman–Crippen MR) is 124 cm³/mol. The molecule has 0 bridgehead atoms. The van der Waals surface area contributed by atoms with E-state index in [4.69, 9.17) is 21.1 Å². The molecule has 3 aromatic carbocycles. The van der Waals surface area contributed by atoms with Crippen LogP contribution >= 0.6 is 27.5 Å². The fourth-order valence-electron chi connectivity index (χ4n) is 3.06.